The van der Waals surface area contributed by atoms with E-state index in [-0.39, 0.29) is 18.8 Å². The van der Waals surface area contributed by atoms with Crippen molar-refractivity contribution in [2.75, 3.05) is 31.2 Å². The molecule has 0 fully saturated rings. The monoisotopic (exact) mass is 225 g/mol. The minimum absolute atomic E-state index is 0.0893. The lowest BCUT2D eigenvalue weighted by atomic mass is 10.1. The number of hydrogen-bond donors (Lipinski definition) is 3. The van der Waals surface area contributed by atoms with Gasteiger partial charge < -0.3 is 20.2 Å². The summed E-state index contributed by atoms with van der Waals surface area (Å²) < 4.78 is 0. The Kier molecular flexibility index (Phi) is 4.75. The van der Waals surface area contributed by atoms with Gasteiger partial charge in [0.05, 0.1) is 24.5 Å². The van der Waals surface area contributed by atoms with Crippen LogP contribution < -0.4 is 4.90 Å². The summed E-state index contributed by atoms with van der Waals surface area (Å²) in [5.74, 6) is -1.02. The summed E-state index contributed by atoms with van der Waals surface area (Å²) in [5.41, 5.74) is 0.683. The number of aromatic carboxylic acids is 1. The highest BCUT2D eigenvalue weighted by Crippen LogP contribution is 2.19. The van der Waals surface area contributed by atoms with Gasteiger partial charge in [0.15, 0.2) is 0 Å². The number of nitrogens with zero attached hydrogens (tertiary/aromatic N) is 1. The molecule has 0 atom stereocenters. The molecular formula is C11H15NO4. The first-order chi connectivity index (χ1) is 7.70. The number of para-hydroxylation sites is 1. The smallest absolute Gasteiger partial charge is 0.337 e. The van der Waals surface area contributed by atoms with Gasteiger partial charge in [-0.1, -0.05) is 12.1 Å². The van der Waals surface area contributed by atoms with Crippen LogP contribution >= 0.6 is 0 Å². The van der Waals surface area contributed by atoms with E-state index in [9.17, 15) is 4.79 Å². The molecule has 88 valence electrons. The van der Waals surface area contributed by atoms with E-state index in [0.29, 0.717) is 18.8 Å². The Hall–Kier alpha value is -1.59. The number of aliphatic hydroxyl groups excluding tert-OH is 2. The fourth-order valence-electron chi connectivity index (χ4n) is 1.52. The van der Waals surface area contributed by atoms with E-state index in [1.165, 1.54) is 6.07 Å². The molecule has 0 radical (unpaired) electrons. The summed E-state index contributed by atoms with van der Waals surface area (Å²) in [4.78, 5) is 12.6. The number of hydrogen-bond acceptors (Lipinski definition) is 4. The molecule has 3 N–H and O–H groups in total. The number of aliphatic hydroxyl groups is 2. The third-order valence-electron chi connectivity index (χ3n) is 2.21. The average molecular weight is 225 g/mol. The summed E-state index contributed by atoms with van der Waals surface area (Å²) in [6.45, 7) is 0.414. The maximum absolute atomic E-state index is 11.0. The lowest BCUT2D eigenvalue weighted by molar-refractivity contribution is 0.0697. The van der Waals surface area contributed by atoms with Gasteiger partial charge in [-0.2, -0.15) is 0 Å². The maximum Gasteiger partial charge on any atom is 0.337 e. The Morgan fingerprint density at radius 1 is 1.12 bits per heavy atom. The maximum atomic E-state index is 11.0. The van der Waals surface area contributed by atoms with Gasteiger partial charge in [0.2, 0.25) is 0 Å². The number of carbonyl (C=O) groups is 1. The molecule has 1 aromatic carbocycles. The summed E-state index contributed by atoms with van der Waals surface area (Å²) in [5, 5.41) is 26.8. The second kappa shape index (κ2) is 6.09. The first-order valence-corrected chi connectivity index (χ1v) is 4.99. The predicted octanol–water partition coefficient (Wildman–Crippen LogP) is 0.176. The third-order valence-corrected chi connectivity index (χ3v) is 2.21. The molecule has 0 unspecified atom stereocenters. The van der Waals surface area contributed by atoms with Crippen LogP contribution in [0.15, 0.2) is 24.3 Å². The molecule has 0 saturated carbocycles. The molecule has 0 saturated heterocycles. The zero-order valence-electron chi connectivity index (χ0n) is 8.83. The lowest BCUT2D eigenvalue weighted by Crippen LogP contribution is -2.31. The Bertz CT molecular complexity index is 348. The van der Waals surface area contributed by atoms with E-state index in [0.717, 1.165) is 0 Å². The van der Waals surface area contributed by atoms with E-state index >= 15 is 0 Å². The summed E-state index contributed by atoms with van der Waals surface area (Å²) in [7, 11) is 0. The van der Waals surface area contributed by atoms with Gasteiger partial charge in [0, 0.05) is 13.1 Å². The van der Waals surface area contributed by atoms with E-state index in [2.05, 4.69) is 0 Å². The SMILES string of the molecule is O=C(O)c1ccccc1N(CCO)CCO. The summed E-state index contributed by atoms with van der Waals surface area (Å²) in [6, 6.07) is 6.53. The first-order valence-electron chi connectivity index (χ1n) is 4.99. The molecule has 1 aromatic rings. The van der Waals surface area contributed by atoms with Crippen molar-refractivity contribution in [1.82, 2.24) is 0 Å². The van der Waals surface area contributed by atoms with Crippen molar-refractivity contribution < 1.29 is 20.1 Å². The third kappa shape index (κ3) is 2.95. The van der Waals surface area contributed by atoms with E-state index in [1.54, 1.807) is 23.1 Å². The van der Waals surface area contributed by atoms with Crippen LogP contribution in [0.3, 0.4) is 0 Å². The molecule has 0 spiro atoms. The van der Waals surface area contributed by atoms with Crippen molar-refractivity contribution in [1.29, 1.82) is 0 Å². The molecule has 1 rings (SSSR count). The highest BCUT2D eigenvalue weighted by Gasteiger charge is 2.14. The molecule has 0 heterocycles. The normalized spacial score (nSPS) is 10.1. The molecule has 0 aliphatic heterocycles. The lowest BCUT2D eigenvalue weighted by Gasteiger charge is -2.24. The van der Waals surface area contributed by atoms with E-state index in [1.807, 2.05) is 0 Å². The van der Waals surface area contributed by atoms with Gasteiger partial charge in [-0.3, -0.25) is 0 Å². The van der Waals surface area contributed by atoms with Gasteiger partial charge in [-0.05, 0) is 12.1 Å². The highest BCUT2D eigenvalue weighted by molar-refractivity contribution is 5.94. The number of carboxylic acid groups (broad SMARTS) is 1. The largest absolute Gasteiger partial charge is 0.478 e. The fraction of sp³-hybridized carbons (Fsp3) is 0.364. The van der Waals surface area contributed by atoms with Crippen LogP contribution in [-0.4, -0.2) is 47.6 Å². The van der Waals surface area contributed by atoms with Crippen LogP contribution in [-0.2, 0) is 0 Å². The van der Waals surface area contributed by atoms with Crippen LogP contribution in [0.4, 0.5) is 5.69 Å². The molecule has 5 heteroatoms. The van der Waals surface area contributed by atoms with E-state index in [4.69, 9.17) is 15.3 Å². The summed E-state index contributed by atoms with van der Waals surface area (Å²) in [6.07, 6.45) is 0. The van der Waals surface area contributed by atoms with Crippen LogP contribution in [0.25, 0.3) is 0 Å². The van der Waals surface area contributed by atoms with Crippen LogP contribution in [0.1, 0.15) is 10.4 Å². The average Bonchev–Trinajstić information content (AvgIpc) is 2.29. The van der Waals surface area contributed by atoms with Crippen molar-refractivity contribution in [3.05, 3.63) is 29.8 Å². The molecule has 0 aliphatic rings. The highest BCUT2D eigenvalue weighted by atomic mass is 16.4. The van der Waals surface area contributed by atoms with Gasteiger partial charge in [0.1, 0.15) is 0 Å². The first kappa shape index (κ1) is 12.5. The molecular weight excluding hydrogens is 210 g/mol. The molecule has 0 aliphatic carbocycles. The number of carboxylic acids is 1. The van der Waals surface area contributed by atoms with Crippen molar-refractivity contribution in [2.45, 2.75) is 0 Å². The fourth-order valence-corrected chi connectivity index (χ4v) is 1.52. The van der Waals surface area contributed by atoms with Crippen LogP contribution in [0.5, 0.6) is 0 Å². The van der Waals surface area contributed by atoms with Crippen LogP contribution in [0, 0.1) is 0 Å². The van der Waals surface area contributed by atoms with E-state index < -0.39 is 5.97 Å². The van der Waals surface area contributed by atoms with Crippen LogP contribution in [0.2, 0.25) is 0 Å². The minimum Gasteiger partial charge on any atom is -0.478 e. The molecule has 5 nitrogen and oxygen atoms in total. The van der Waals surface area contributed by atoms with Crippen molar-refractivity contribution >= 4 is 11.7 Å². The van der Waals surface area contributed by atoms with Gasteiger partial charge in [0.25, 0.3) is 0 Å². The number of rotatable bonds is 6. The van der Waals surface area contributed by atoms with Crippen molar-refractivity contribution in [3.63, 3.8) is 0 Å². The predicted molar refractivity (Wildman–Crippen MR) is 59.8 cm³/mol. The summed E-state index contributed by atoms with van der Waals surface area (Å²) >= 11 is 0. The zero-order valence-corrected chi connectivity index (χ0v) is 8.83. The minimum atomic E-state index is -1.02. The quantitative estimate of drug-likeness (QED) is 0.643. The second-order valence-electron chi connectivity index (χ2n) is 3.26. The number of benzene rings is 1. The molecule has 16 heavy (non-hydrogen) atoms. The zero-order chi connectivity index (χ0) is 12.0. The molecule has 0 bridgehead atoms. The number of anilines is 1. The Morgan fingerprint density at radius 2 is 1.69 bits per heavy atom. The molecule has 0 aromatic heterocycles. The van der Waals surface area contributed by atoms with Gasteiger partial charge >= 0.3 is 5.97 Å². The van der Waals surface area contributed by atoms with Crippen molar-refractivity contribution in [3.8, 4) is 0 Å². The van der Waals surface area contributed by atoms with Gasteiger partial charge in [-0.25, -0.2) is 4.79 Å². The van der Waals surface area contributed by atoms with Gasteiger partial charge in [-0.15, -0.1) is 0 Å². The Labute approximate surface area is 93.6 Å². The topological polar surface area (TPSA) is 81.0 Å². The molecule has 0 amide bonds. The van der Waals surface area contributed by atoms with Crippen molar-refractivity contribution in [2.24, 2.45) is 0 Å². The second-order valence-corrected chi connectivity index (χ2v) is 3.26. The standard InChI is InChI=1S/C11H15NO4/c13-7-5-12(6-8-14)10-4-2-1-3-9(10)11(15)16/h1-4,13-14H,5-8H2,(H,15,16). The Balaban J connectivity index is 3.02. The Morgan fingerprint density at radius 3 is 2.19 bits per heavy atom.